The monoisotopic (exact) mass is 537 g/mol. The van der Waals surface area contributed by atoms with Crippen molar-refractivity contribution in [3.05, 3.63) is 94.9 Å². The number of carbonyl (C=O) groups is 2. The topological polar surface area (TPSA) is 136 Å². The Bertz CT molecular complexity index is 1540. The number of ether oxygens (including phenoxy) is 1. The third kappa shape index (κ3) is 5.30. The number of carbonyl (C=O) groups excluding carboxylic acids is 2. The number of amides is 1. The third-order valence-corrected chi connectivity index (χ3v) is 5.87. The number of aromatic nitrogens is 6. The molecule has 1 N–H and O–H groups in total. The second-order valence-corrected chi connectivity index (χ2v) is 8.52. The highest BCUT2D eigenvalue weighted by Crippen LogP contribution is 2.41. The van der Waals surface area contributed by atoms with Crippen molar-refractivity contribution in [1.82, 2.24) is 30.4 Å². The van der Waals surface area contributed by atoms with Crippen molar-refractivity contribution < 1.29 is 32.6 Å². The normalized spacial score (nSPS) is 17.0. The van der Waals surface area contributed by atoms with Gasteiger partial charge in [0.05, 0.1) is 23.9 Å². The van der Waals surface area contributed by atoms with Crippen LogP contribution in [0.15, 0.2) is 72.6 Å². The summed E-state index contributed by atoms with van der Waals surface area (Å²) in [5.74, 6) is -2.94. The number of nitrogens with zero attached hydrogens (tertiary/aromatic N) is 7. The Morgan fingerprint density at radius 2 is 1.72 bits per heavy atom. The summed E-state index contributed by atoms with van der Waals surface area (Å²) in [6.07, 6.45) is -3.45. The van der Waals surface area contributed by atoms with Crippen molar-refractivity contribution in [1.29, 1.82) is 0 Å². The number of aliphatic hydroxyl groups is 1. The van der Waals surface area contributed by atoms with Gasteiger partial charge in [0, 0.05) is 5.56 Å². The first-order chi connectivity index (χ1) is 18.6. The SMILES string of the molecule is Cc1ccc(N2C(=O)C(=O)C(=C(O)c3ccc(OC(F)(F)F)cc3)C2c2ccc(Cn3cnnn3)cc2)nn1. The molecule has 1 amide bonds. The first-order valence-electron chi connectivity index (χ1n) is 11.4. The summed E-state index contributed by atoms with van der Waals surface area (Å²) in [7, 11) is 0. The zero-order valence-corrected chi connectivity index (χ0v) is 20.1. The van der Waals surface area contributed by atoms with Crippen LogP contribution in [0, 0.1) is 6.92 Å². The molecule has 0 aliphatic carbocycles. The standard InChI is InChI=1S/C25H18F3N7O4/c1-14-2-11-19(31-30-14)35-21(16-5-3-15(4-6-16)12-34-13-29-32-33-34)20(23(37)24(35)38)22(36)17-7-9-18(10-8-17)39-25(26,27)28/h2-11,13,21,36H,12H2,1H3. The van der Waals surface area contributed by atoms with Crippen molar-refractivity contribution in [2.75, 3.05) is 4.90 Å². The Morgan fingerprint density at radius 1 is 1.00 bits per heavy atom. The Labute approximate surface area is 218 Å². The fourth-order valence-corrected chi connectivity index (χ4v) is 4.12. The van der Waals surface area contributed by atoms with Crippen LogP contribution in [-0.2, 0) is 16.1 Å². The van der Waals surface area contributed by atoms with E-state index in [9.17, 15) is 27.9 Å². The van der Waals surface area contributed by atoms with Crippen LogP contribution in [0.1, 0.15) is 28.4 Å². The second kappa shape index (κ2) is 9.96. The van der Waals surface area contributed by atoms with Crippen LogP contribution < -0.4 is 9.64 Å². The van der Waals surface area contributed by atoms with Crippen molar-refractivity contribution in [2.24, 2.45) is 0 Å². The van der Waals surface area contributed by atoms with Crippen molar-refractivity contribution >= 4 is 23.3 Å². The first-order valence-corrected chi connectivity index (χ1v) is 11.4. The minimum Gasteiger partial charge on any atom is -0.507 e. The lowest BCUT2D eigenvalue weighted by atomic mass is 9.94. The number of Topliss-reactive ketones (excluding diaryl/α,β-unsaturated/α-hetero) is 1. The molecule has 1 unspecified atom stereocenters. The molecule has 0 radical (unpaired) electrons. The van der Waals surface area contributed by atoms with E-state index in [2.05, 4.69) is 30.5 Å². The number of anilines is 1. The number of rotatable bonds is 6. The summed E-state index contributed by atoms with van der Waals surface area (Å²) >= 11 is 0. The molecule has 0 spiro atoms. The Morgan fingerprint density at radius 3 is 2.31 bits per heavy atom. The molecule has 0 saturated carbocycles. The minimum atomic E-state index is -4.90. The van der Waals surface area contributed by atoms with Crippen LogP contribution in [0.2, 0.25) is 0 Å². The Kier molecular flexibility index (Phi) is 6.52. The highest BCUT2D eigenvalue weighted by molar-refractivity contribution is 6.51. The van der Waals surface area contributed by atoms with Crippen LogP contribution in [-0.4, -0.2) is 53.6 Å². The summed E-state index contributed by atoms with van der Waals surface area (Å²) in [6, 6.07) is 13.2. The maximum Gasteiger partial charge on any atom is 0.573 e. The molecule has 198 valence electrons. The number of alkyl halides is 3. The van der Waals surface area contributed by atoms with E-state index in [1.165, 1.54) is 17.1 Å². The molecular formula is C25H18F3N7O4. The van der Waals surface area contributed by atoms with E-state index < -0.39 is 35.6 Å². The highest BCUT2D eigenvalue weighted by Gasteiger charge is 2.47. The maximum absolute atomic E-state index is 13.2. The maximum atomic E-state index is 13.2. The average molecular weight is 537 g/mol. The van der Waals surface area contributed by atoms with Gasteiger partial charge in [0.25, 0.3) is 5.78 Å². The van der Waals surface area contributed by atoms with Crippen LogP contribution in [0.5, 0.6) is 5.75 Å². The van der Waals surface area contributed by atoms with Gasteiger partial charge in [-0.1, -0.05) is 24.3 Å². The van der Waals surface area contributed by atoms with Gasteiger partial charge in [-0.3, -0.25) is 14.5 Å². The summed E-state index contributed by atoms with van der Waals surface area (Å²) < 4.78 is 43.0. The van der Waals surface area contributed by atoms with Gasteiger partial charge in [0.15, 0.2) is 5.82 Å². The minimum absolute atomic E-state index is 0.0119. The summed E-state index contributed by atoms with van der Waals surface area (Å²) in [6.45, 7) is 2.07. The molecule has 4 aromatic rings. The van der Waals surface area contributed by atoms with Gasteiger partial charge in [-0.15, -0.1) is 23.4 Å². The third-order valence-electron chi connectivity index (χ3n) is 5.87. The van der Waals surface area contributed by atoms with Gasteiger partial charge in [0.1, 0.15) is 17.8 Å². The van der Waals surface area contributed by atoms with Crippen LogP contribution >= 0.6 is 0 Å². The quantitative estimate of drug-likeness (QED) is 0.223. The van der Waals surface area contributed by atoms with E-state index in [0.29, 0.717) is 17.8 Å². The van der Waals surface area contributed by atoms with E-state index in [1.54, 1.807) is 37.3 Å². The molecule has 1 aliphatic heterocycles. The lowest BCUT2D eigenvalue weighted by molar-refractivity contribution is -0.274. The number of benzene rings is 2. The molecule has 39 heavy (non-hydrogen) atoms. The van der Waals surface area contributed by atoms with Gasteiger partial charge in [0.2, 0.25) is 0 Å². The molecule has 1 aliphatic rings. The van der Waals surface area contributed by atoms with Crippen molar-refractivity contribution in [3.63, 3.8) is 0 Å². The molecule has 3 heterocycles. The molecule has 1 atom stereocenters. The molecule has 1 saturated heterocycles. The molecule has 0 bridgehead atoms. The number of tetrazole rings is 1. The highest BCUT2D eigenvalue weighted by atomic mass is 19.4. The van der Waals surface area contributed by atoms with E-state index >= 15 is 0 Å². The second-order valence-electron chi connectivity index (χ2n) is 8.52. The number of hydrogen-bond acceptors (Lipinski definition) is 9. The fraction of sp³-hybridized carbons (Fsp3) is 0.160. The lowest BCUT2D eigenvalue weighted by Crippen LogP contribution is -2.30. The average Bonchev–Trinajstić information content (AvgIpc) is 3.50. The van der Waals surface area contributed by atoms with Gasteiger partial charge >= 0.3 is 12.3 Å². The van der Waals surface area contributed by atoms with Gasteiger partial charge in [-0.2, -0.15) is 5.10 Å². The molecular weight excluding hydrogens is 519 g/mol. The molecule has 2 aromatic heterocycles. The zero-order valence-electron chi connectivity index (χ0n) is 20.1. The zero-order chi connectivity index (χ0) is 27.7. The van der Waals surface area contributed by atoms with Crippen LogP contribution in [0.25, 0.3) is 5.76 Å². The number of halogens is 3. The largest absolute Gasteiger partial charge is 0.573 e. The van der Waals surface area contributed by atoms with E-state index in [0.717, 1.165) is 34.7 Å². The number of hydrogen-bond donors (Lipinski definition) is 1. The summed E-state index contributed by atoms with van der Waals surface area (Å²) in [4.78, 5) is 27.6. The summed E-state index contributed by atoms with van der Waals surface area (Å²) in [5.41, 5.74) is 1.62. The summed E-state index contributed by atoms with van der Waals surface area (Å²) in [5, 5.41) is 30.2. The molecule has 2 aromatic carbocycles. The number of ketones is 1. The Balaban J connectivity index is 1.58. The van der Waals surface area contributed by atoms with E-state index in [1.807, 2.05) is 0 Å². The van der Waals surface area contributed by atoms with Gasteiger partial charge < -0.3 is 9.84 Å². The molecule has 11 nitrogen and oxygen atoms in total. The smallest absolute Gasteiger partial charge is 0.507 e. The van der Waals surface area contributed by atoms with Crippen LogP contribution in [0.3, 0.4) is 0 Å². The van der Waals surface area contributed by atoms with E-state index in [-0.39, 0.29) is 17.0 Å². The van der Waals surface area contributed by atoms with Crippen molar-refractivity contribution in [2.45, 2.75) is 25.9 Å². The number of aliphatic hydroxyl groups excluding tert-OH is 1. The predicted octanol–water partition coefficient (Wildman–Crippen LogP) is 3.34. The molecule has 5 rings (SSSR count). The van der Waals surface area contributed by atoms with Gasteiger partial charge in [-0.05, 0) is 64.9 Å². The lowest BCUT2D eigenvalue weighted by Gasteiger charge is -2.24. The molecule has 14 heteroatoms. The van der Waals surface area contributed by atoms with Crippen LogP contribution in [0.4, 0.5) is 19.0 Å². The van der Waals surface area contributed by atoms with Gasteiger partial charge in [-0.25, -0.2) is 4.68 Å². The predicted molar refractivity (Wildman–Crippen MR) is 128 cm³/mol. The fourth-order valence-electron chi connectivity index (χ4n) is 4.12. The molecule has 1 fully saturated rings. The van der Waals surface area contributed by atoms with Crippen molar-refractivity contribution in [3.8, 4) is 5.75 Å². The van der Waals surface area contributed by atoms with E-state index in [4.69, 9.17) is 0 Å². The number of aryl methyl sites for hydroxylation is 1. The first kappa shape index (κ1) is 25.5. The Hall–Kier alpha value is -5.14.